The summed E-state index contributed by atoms with van der Waals surface area (Å²) in [5.41, 5.74) is 0.878. The second-order valence-electron chi connectivity index (χ2n) is 5.86. The molecule has 1 fully saturated rings. The molecule has 2 aromatic rings. The summed E-state index contributed by atoms with van der Waals surface area (Å²) in [7, 11) is -3.77. The average molecular weight is 378 g/mol. The molecule has 0 atom stereocenters. The SMILES string of the molecule is CC(=O)c1ccc(NS(=O)(=O)c2ccc(C(=O)N3CCCC3)s2)cc1. The number of Topliss-reactive ketones (excluding diaryl/α,β-unsaturated/α-hetero) is 1. The van der Waals surface area contributed by atoms with Crippen LogP contribution in [-0.4, -0.2) is 38.1 Å². The van der Waals surface area contributed by atoms with Gasteiger partial charge in [0.2, 0.25) is 0 Å². The van der Waals surface area contributed by atoms with Crippen molar-refractivity contribution in [3.63, 3.8) is 0 Å². The van der Waals surface area contributed by atoms with E-state index in [0.717, 1.165) is 37.3 Å². The Kier molecular flexibility index (Phi) is 4.91. The largest absolute Gasteiger partial charge is 0.338 e. The van der Waals surface area contributed by atoms with Crippen LogP contribution >= 0.6 is 11.3 Å². The summed E-state index contributed by atoms with van der Waals surface area (Å²) in [6, 6.07) is 9.21. The van der Waals surface area contributed by atoms with Gasteiger partial charge in [0.1, 0.15) is 4.21 Å². The van der Waals surface area contributed by atoms with E-state index in [0.29, 0.717) is 16.1 Å². The van der Waals surface area contributed by atoms with Crippen molar-refractivity contribution in [2.24, 2.45) is 0 Å². The number of sulfonamides is 1. The third kappa shape index (κ3) is 3.91. The van der Waals surface area contributed by atoms with Gasteiger partial charge in [-0.15, -0.1) is 11.3 Å². The molecule has 3 rings (SSSR count). The van der Waals surface area contributed by atoms with Crippen molar-refractivity contribution in [2.75, 3.05) is 17.8 Å². The van der Waals surface area contributed by atoms with Crippen LogP contribution in [-0.2, 0) is 10.0 Å². The highest BCUT2D eigenvalue weighted by molar-refractivity contribution is 7.94. The molecular formula is C17H18N2O4S2. The first-order valence-electron chi connectivity index (χ1n) is 7.90. The zero-order valence-corrected chi connectivity index (χ0v) is 15.3. The molecule has 0 bridgehead atoms. The van der Waals surface area contributed by atoms with Crippen molar-refractivity contribution in [1.29, 1.82) is 0 Å². The van der Waals surface area contributed by atoms with Gasteiger partial charge in [-0.05, 0) is 56.2 Å². The monoisotopic (exact) mass is 378 g/mol. The van der Waals surface area contributed by atoms with Gasteiger partial charge < -0.3 is 4.90 Å². The minimum Gasteiger partial charge on any atom is -0.338 e. The lowest BCUT2D eigenvalue weighted by Crippen LogP contribution is -2.26. The summed E-state index contributed by atoms with van der Waals surface area (Å²) < 4.78 is 27.5. The Morgan fingerprint density at radius 1 is 1.04 bits per heavy atom. The number of hydrogen-bond donors (Lipinski definition) is 1. The Morgan fingerprint density at radius 2 is 1.68 bits per heavy atom. The molecule has 132 valence electrons. The van der Waals surface area contributed by atoms with Gasteiger partial charge in [0, 0.05) is 24.3 Å². The molecule has 1 aliphatic rings. The smallest absolute Gasteiger partial charge is 0.271 e. The minimum atomic E-state index is -3.77. The number of carbonyl (C=O) groups is 2. The highest BCUT2D eigenvalue weighted by atomic mass is 32.2. The first kappa shape index (κ1) is 17.6. The van der Waals surface area contributed by atoms with Crippen LogP contribution < -0.4 is 4.72 Å². The molecule has 0 spiro atoms. The predicted molar refractivity (Wildman–Crippen MR) is 96.7 cm³/mol. The van der Waals surface area contributed by atoms with Crippen LogP contribution in [0.25, 0.3) is 0 Å². The Balaban J connectivity index is 1.76. The van der Waals surface area contributed by atoms with Crippen LogP contribution in [0.3, 0.4) is 0 Å². The molecule has 8 heteroatoms. The second-order valence-corrected chi connectivity index (χ2v) is 8.85. The predicted octanol–water partition coefficient (Wildman–Crippen LogP) is 2.99. The van der Waals surface area contributed by atoms with E-state index in [9.17, 15) is 18.0 Å². The number of nitrogens with one attached hydrogen (secondary N) is 1. The molecule has 0 saturated carbocycles. The van der Waals surface area contributed by atoms with Gasteiger partial charge >= 0.3 is 0 Å². The first-order valence-corrected chi connectivity index (χ1v) is 10.2. The number of amides is 1. The number of benzene rings is 1. The number of anilines is 1. The number of ketones is 1. The Labute approximate surface area is 150 Å². The Bertz CT molecular complexity index is 895. The molecule has 0 unspecified atom stereocenters. The molecule has 0 radical (unpaired) electrons. The molecule has 1 aromatic carbocycles. The lowest BCUT2D eigenvalue weighted by Gasteiger charge is -2.13. The molecular weight excluding hydrogens is 360 g/mol. The van der Waals surface area contributed by atoms with Gasteiger partial charge in [0.25, 0.3) is 15.9 Å². The number of hydrogen-bond acceptors (Lipinski definition) is 5. The van der Waals surface area contributed by atoms with Crippen LogP contribution in [0, 0.1) is 0 Å². The van der Waals surface area contributed by atoms with Crippen molar-refractivity contribution < 1.29 is 18.0 Å². The van der Waals surface area contributed by atoms with E-state index in [1.165, 1.54) is 25.1 Å². The average Bonchev–Trinajstić information content (AvgIpc) is 3.26. The van der Waals surface area contributed by atoms with E-state index in [1.54, 1.807) is 23.1 Å². The van der Waals surface area contributed by atoms with Crippen molar-refractivity contribution in [3.05, 3.63) is 46.8 Å². The van der Waals surface area contributed by atoms with Crippen molar-refractivity contribution >= 4 is 38.7 Å². The van der Waals surface area contributed by atoms with Crippen LogP contribution in [0.4, 0.5) is 5.69 Å². The number of likely N-dealkylation sites (tertiary alicyclic amines) is 1. The zero-order valence-electron chi connectivity index (χ0n) is 13.7. The van der Waals surface area contributed by atoms with E-state index < -0.39 is 10.0 Å². The normalized spacial score (nSPS) is 14.5. The molecule has 1 N–H and O–H groups in total. The lowest BCUT2D eigenvalue weighted by atomic mass is 10.1. The van der Waals surface area contributed by atoms with E-state index >= 15 is 0 Å². The molecule has 1 aliphatic heterocycles. The van der Waals surface area contributed by atoms with Crippen LogP contribution in [0.2, 0.25) is 0 Å². The molecule has 1 aromatic heterocycles. The second kappa shape index (κ2) is 6.97. The number of nitrogens with zero attached hydrogens (tertiary/aromatic N) is 1. The van der Waals surface area contributed by atoms with E-state index in [4.69, 9.17) is 0 Å². The minimum absolute atomic E-state index is 0.0854. The van der Waals surface area contributed by atoms with E-state index in [-0.39, 0.29) is 15.9 Å². The molecule has 6 nitrogen and oxygen atoms in total. The van der Waals surface area contributed by atoms with Crippen molar-refractivity contribution in [1.82, 2.24) is 4.90 Å². The number of rotatable bonds is 5. The Morgan fingerprint density at radius 3 is 2.28 bits per heavy atom. The zero-order chi connectivity index (χ0) is 18.0. The lowest BCUT2D eigenvalue weighted by molar-refractivity contribution is 0.0797. The number of carbonyl (C=O) groups excluding carboxylic acids is 2. The topological polar surface area (TPSA) is 83.5 Å². The Hall–Kier alpha value is -2.19. The molecule has 1 amide bonds. The van der Waals surface area contributed by atoms with Gasteiger partial charge in [0.05, 0.1) is 4.88 Å². The highest BCUT2D eigenvalue weighted by Gasteiger charge is 2.24. The van der Waals surface area contributed by atoms with Crippen molar-refractivity contribution in [3.8, 4) is 0 Å². The summed E-state index contributed by atoms with van der Waals surface area (Å²) in [5, 5.41) is 0. The summed E-state index contributed by atoms with van der Waals surface area (Å²) >= 11 is 0.966. The number of thiophene rings is 1. The van der Waals surface area contributed by atoms with Gasteiger partial charge in [-0.3, -0.25) is 14.3 Å². The van der Waals surface area contributed by atoms with Crippen LogP contribution in [0.5, 0.6) is 0 Å². The highest BCUT2D eigenvalue weighted by Crippen LogP contribution is 2.26. The molecule has 2 heterocycles. The summed E-state index contributed by atoms with van der Waals surface area (Å²) in [6.07, 6.45) is 1.97. The standard InChI is InChI=1S/C17H18N2O4S2/c1-12(20)13-4-6-14(7-5-13)18-25(22,23)16-9-8-15(24-16)17(21)19-10-2-3-11-19/h4-9,18H,2-3,10-11H2,1H3. The third-order valence-corrected chi connectivity index (χ3v) is 6.94. The molecule has 25 heavy (non-hydrogen) atoms. The maximum absolute atomic E-state index is 12.5. The summed E-state index contributed by atoms with van der Waals surface area (Å²) in [6.45, 7) is 2.89. The fraction of sp³-hybridized carbons (Fsp3) is 0.294. The van der Waals surface area contributed by atoms with E-state index in [1.807, 2.05) is 0 Å². The van der Waals surface area contributed by atoms with Gasteiger partial charge in [-0.1, -0.05) is 0 Å². The van der Waals surface area contributed by atoms with E-state index in [2.05, 4.69) is 4.72 Å². The van der Waals surface area contributed by atoms with Gasteiger partial charge in [-0.25, -0.2) is 8.42 Å². The maximum Gasteiger partial charge on any atom is 0.271 e. The summed E-state index contributed by atoms with van der Waals surface area (Å²) in [5.74, 6) is -0.201. The summed E-state index contributed by atoms with van der Waals surface area (Å²) in [4.78, 5) is 25.8. The molecule has 1 saturated heterocycles. The maximum atomic E-state index is 12.5. The van der Waals surface area contributed by atoms with Crippen LogP contribution in [0.15, 0.2) is 40.6 Å². The fourth-order valence-electron chi connectivity index (χ4n) is 2.63. The molecule has 0 aliphatic carbocycles. The van der Waals surface area contributed by atoms with Crippen molar-refractivity contribution in [2.45, 2.75) is 24.0 Å². The fourth-order valence-corrected chi connectivity index (χ4v) is 4.97. The quantitative estimate of drug-likeness (QED) is 0.811. The van der Waals surface area contributed by atoms with Gasteiger partial charge in [-0.2, -0.15) is 0 Å². The third-order valence-electron chi connectivity index (χ3n) is 3.99. The first-order chi connectivity index (χ1) is 11.9. The van der Waals surface area contributed by atoms with Gasteiger partial charge in [0.15, 0.2) is 5.78 Å². The van der Waals surface area contributed by atoms with Crippen LogP contribution in [0.1, 0.15) is 39.8 Å².